The SMILES string of the molecule is CCCC[Si](CCCC)(CCCC)OC1Cc2ccccc2C1. The smallest absolute Gasteiger partial charge is 0.193 e. The molecule has 0 aliphatic heterocycles. The Morgan fingerprint density at radius 2 is 1.26 bits per heavy atom. The molecule has 0 heterocycles. The van der Waals surface area contributed by atoms with Crippen molar-refractivity contribution in [3.05, 3.63) is 35.4 Å². The van der Waals surface area contributed by atoms with Crippen molar-refractivity contribution in [3.63, 3.8) is 0 Å². The Morgan fingerprint density at radius 1 is 0.826 bits per heavy atom. The molecule has 2 rings (SSSR count). The first-order valence-corrected chi connectivity index (χ1v) is 12.5. The summed E-state index contributed by atoms with van der Waals surface area (Å²) in [4.78, 5) is 0. The third-order valence-electron chi connectivity index (χ3n) is 5.39. The van der Waals surface area contributed by atoms with Gasteiger partial charge in [-0.3, -0.25) is 0 Å². The highest BCUT2D eigenvalue weighted by Gasteiger charge is 2.37. The number of benzene rings is 1. The molecule has 0 aromatic heterocycles. The Kier molecular flexibility index (Phi) is 7.85. The minimum Gasteiger partial charge on any atom is -0.413 e. The third-order valence-corrected chi connectivity index (χ3v) is 10.0. The lowest BCUT2D eigenvalue weighted by molar-refractivity contribution is 0.194. The van der Waals surface area contributed by atoms with Crippen LogP contribution in [0.25, 0.3) is 0 Å². The zero-order valence-corrected chi connectivity index (χ0v) is 16.6. The lowest BCUT2D eigenvalue weighted by Crippen LogP contribution is -2.42. The van der Waals surface area contributed by atoms with E-state index in [4.69, 9.17) is 4.43 Å². The normalized spacial score (nSPS) is 15.1. The summed E-state index contributed by atoms with van der Waals surface area (Å²) < 4.78 is 7.03. The van der Waals surface area contributed by atoms with Crippen LogP contribution in [0.1, 0.15) is 70.4 Å². The fourth-order valence-electron chi connectivity index (χ4n) is 4.00. The van der Waals surface area contributed by atoms with E-state index in [-0.39, 0.29) is 0 Å². The predicted octanol–water partition coefficient (Wildman–Crippen LogP) is 6.52. The van der Waals surface area contributed by atoms with Crippen molar-refractivity contribution in [2.45, 2.75) is 96.4 Å². The van der Waals surface area contributed by atoms with Crippen LogP contribution in [0.2, 0.25) is 18.1 Å². The summed E-state index contributed by atoms with van der Waals surface area (Å²) in [5.41, 5.74) is 3.06. The number of fused-ring (bicyclic) bond motifs is 1. The molecule has 130 valence electrons. The van der Waals surface area contributed by atoms with Crippen LogP contribution in [-0.4, -0.2) is 14.4 Å². The molecular weight excluding hydrogens is 296 g/mol. The number of hydrogen-bond donors (Lipinski definition) is 0. The van der Waals surface area contributed by atoms with E-state index in [0.717, 1.165) is 12.8 Å². The van der Waals surface area contributed by atoms with Crippen LogP contribution in [-0.2, 0) is 17.3 Å². The minimum absolute atomic E-state index is 0.463. The maximum atomic E-state index is 7.03. The van der Waals surface area contributed by atoms with Crippen molar-refractivity contribution in [3.8, 4) is 0 Å². The van der Waals surface area contributed by atoms with Crippen molar-refractivity contribution >= 4 is 8.32 Å². The van der Waals surface area contributed by atoms with Crippen LogP contribution < -0.4 is 0 Å². The quantitative estimate of drug-likeness (QED) is 0.419. The topological polar surface area (TPSA) is 9.23 Å². The molecule has 1 aromatic rings. The number of hydrogen-bond acceptors (Lipinski definition) is 1. The standard InChI is InChI=1S/C21H36OSi/c1-4-7-14-23(15-8-5-2,16-9-6-3)22-21-17-19-12-10-11-13-20(19)18-21/h10-13,21H,4-9,14-18H2,1-3H3. The zero-order chi connectivity index (χ0) is 16.5. The molecule has 0 spiro atoms. The fraction of sp³-hybridized carbons (Fsp3) is 0.714. The molecule has 0 radical (unpaired) electrons. The van der Waals surface area contributed by atoms with E-state index < -0.39 is 8.32 Å². The van der Waals surface area contributed by atoms with E-state index in [1.807, 2.05) is 0 Å². The van der Waals surface area contributed by atoms with Gasteiger partial charge in [0.2, 0.25) is 0 Å². The summed E-state index contributed by atoms with van der Waals surface area (Å²) >= 11 is 0. The van der Waals surface area contributed by atoms with Gasteiger partial charge in [-0.15, -0.1) is 0 Å². The number of rotatable bonds is 11. The molecule has 1 aromatic carbocycles. The molecule has 1 aliphatic carbocycles. The summed E-state index contributed by atoms with van der Waals surface area (Å²) in [6, 6.07) is 13.1. The number of unbranched alkanes of at least 4 members (excludes halogenated alkanes) is 3. The molecule has 0 unspecified atom stereocenters. The Hall–Kier alpha value is -0.603. The monoisotopic (exact) mass is 332 g/mol. The van der Waals surface area contributed by atoms with Crippen LogP contribution in [0, 0.1) is 0 Å². The molecule has 0 atom stereocenters. The van der Waals surface area contributed by atoms with E-state index >= 15 is 0 Å². The Morgan fingerprint density at radius 3 is 1.65 bits per heavy atom. The van der Waals surface area contributed by atoms with E-state index in [1.54, 1.807) is 0 Å². The lowest BCUT2D eigenvalue weighted by atomic mass is 10.1. The average molecular weight is 333 g/mol. The van der Waals surface area contributed by atoms with Crippen molar-refractivity contribution in [2.75, 3.05) is 0 Å². The molecule has 2 heteroatoms. The first-order chi connectivity index (χ1) is 11.2. The van der Waals surface area contributed by atoms with Crippen LogP contribution in [0.4, 0.5) is 0 Å². The predicted molar refractivity (Wildman–Crippen MR) is 104 cm³/mol. The van der Waals surface area contributed by atoms with Gasteiger partial charge in [0.1, 0.15) is 0 Å². The molecule has 0 N–H and O–H groups in total. The van der Waals surface area contributed by atoms with Gasteiger partial charge in [-0.25, -0.2) is 0 Å². The van der Waals surface area contributed by atoms with Gasteiger partial charge in [0.05, 0.1) is 6.10 Å². The third kappa shape index (κ3) is 5.46. The van der Waals surface area contributed by atoms with Gasteiger partial charge >= 0.3 is 0 Å². The Balaban J connectivity index is 2.05. The van der Waals surface area contributed by atoms with Crippen LogP contribution in [0.3, 0.4) is 0 Å². The Bertz CT molecular complexity index is 410. The van der Waals surface area contributed by atoms with Crippen molar-refractivity contribution in [1.29, 1.82) is 0 Å². The summed E-state index contributed by atoms with van der Waals surface area (Å²) in [7, 11) is -1.56. The highest BCUT2D eigenvalue weighted by molar-refractivity contribution is 6.73. The summed E-state index contributed by atoms with van der Waals surface area (Å²) in [6.45, 7) is 6.97. The zero-order valence-electron chi connectivity index (χ0n) is 15.6. The first kappa shape index (κ1) is 18.7. The van der Waals surface area contributed by atoms with Gasteiger partial charge in [-0.05, 0) is 42.1 Å². The van der Waals surface area contributed by atoms with Gasteiger partial charge in [0.15, 0.2) is 8.32 Å². The molecule has 1 nitrogen and oxygen atoms in total. The fourth-order valence-corrected chi connectivity index (χ4v) is 8.97. The summed E-state index contributed by atoms with van der Waals surface area (Å²) in [5, 5.41) is 0. The van der Waals surface area contributed by atoms with Gasteiger partial charge < -0.3 is 4.43 Å². The van der Waals surface area contributed by atoms with Crippen LogP contribution in [0.15, 0.2) is 24.3 Å². The van der Waals surface area contributed by atoms with Gasteiger partial charge in [-0.1, -0.05) is 83.6 Å². The first-order valence-electron chi connectivity index (χ1n) is 9.97. The van der Waals surface area contributed by atoms with Crippen molar-refractivity contribution in [1.82, 2.24) is 0 Å². The van der Waals surface area contributed by atoms with Gasteiger partial charge in [-0.2, -0.15) is 0 Å². The van der Waals surface area contributed by atoms with Crippen molar-refractivity contribution in [2.24, 2.45) is 0 Å². The lowest BCUT2D eigenvalue weighted by Gasteiger charge is -2.35. The second kappa shape index (κ2) is 9.63. The van der Waals surface area contributed by atoms with E-state index in [1.165, 1.54) is 67.8 Å². The molecule has 23 heavy (non-hydrogen) atoms. The minimum atomic E-state index is -1.56. The van der Waals surface area contributed by atoms with E-state index in [9.17, 15) is 0 Å². The van der Waals surface area contributed by atoms with Gasteiger partial charge in [0, 0.05) is 0 Å². The second-order valence-electron chi connectivity index (χ2n) is 7.41. The molecule has 0 fully saturated rings. The molecular formula is C21H36OSi. The molecule has 0 bridgehead atoms. The molecule has 0 amide bonds. The van der Waals surface area contributed by atoms with Crippen molar-refractivity contribution < 1.29 is 4.43 Å². The molecule has 0 saturated heterocycles. The molecule has 0 saturated carbocycles. The second-order valence-corrected chi connectivity index (χ2v) is 11.5. The van der Waals surface area contributed by atoms with Crippen LogP contribution >= 0.6 is 0 Å². The van der Waals surface area contributed by atoms with Gasteiger partial charge in [0.25, 0.3) is 0 Å². The maximum absolute atomic E-state index is 7.03. The summed E-state index contributed by atoms with van der Waals surface area (Å²) in [6.07, 6.45) is 10.8. The largest absolute Gasteiger partial charge is 0.413 e. The Labute approximate surface area is 145 Å². The highest BCUT2D eigenvalue weighted by atomic mass is 28.4. The van der Waals surface area contributed by atoms with E-state index in [0.29, 0.717) is 6.10 Å². The average Bonchev–Trinajstić information content (AvgIpc) is 2.98. The summed E-state index contributed by atoms with van der Waals surface area (Å²) in [5.74, 6) is 0. The van der Waals surface area contributed by atoms with Crippen LogP contribution in [0.5, 0.6) is 0 Å². The molecule has 1 aliphatic rings. The maximum Gasteiger partial charge on any atom is 0.193 e. The van der Waals surface area contributed by atoms with E-state index in [2.05, 4.69) is 45.0 Å². The highest BCUT2D eigenvalue weighted by Crippen LogP contribution is 2.34.